The number of rotatable bonds is 8. The lowest BCUT2D eigenvalue weighted by Crippen LogP contribution is -2.51. The highest BCUT2D eigenvalue weighted by molar-refractivity contribution is 5.85. The van der Waals surface area contributed by atoms with E-state index in [9.17, 15) is 39.6 Å². The maximum absolute atomic E-state index is 12.3. The molecule has 0 aromatic carbocycles. The molecule has 2 saturated carbocycles. The first kappa shape index (κ1) is 23.2. The van der Waals surface area contributed by atoms with Gasteiger partial charge in [0.1, 0.15) is 0 Å². The summed E-state index contributed by atoms with van der Waals surface area (Å²) >= 11 is 0. The average Bonchev–Trinajstić information content (AvgIpc) is 2.60. The Bertz CT molecular complexity index is 628. The number of hydrogen-bond donors (Lipinski definition) is 4. The van der Waals surface area contributed by atoms with Crippen molar-refractivity contribution in [3.05, 3.63) is 0 Å². The second-order valence-corrected chi connectivity index (χ2v) is 9.71. The summed E-state index contributed by atoms with van der Waals surface area (Å²) in [6.07, 6.45) is 3.53. The molecule has 0 heterocycles. The van der Waals surface area contributed by atoms with Crippen LogP contribution in [0.5, 0.6) is 0 Å². The number of carboxylic acids is 4. The Balaban J connectivity index is 2.41. The molecule has 2 fully saturated rings. The first-order valence-electron chi connectivity index (χ1n) is 10.3. The molecule has 0 bridgehead atoms. The summed E-state index contributed by atoms with van der Waals surface area (Å²) in [5.41, 5.74) is -3.80. The molecule has 0 spiro atoms. The summed E-state index contributed by atoms with van der Waals surface area (Å²) in [5, 5.41) is 39.4. The van der Waals surface area contributed by atoms with Crippen molar-refractivity contribution in [1.82, 2.24) is 0 Å². The normalized spacial score (nSPS) is 33.0. The minimum absolute atomic E-state index is 0.00761. The van der Waals surface area contributed by atoms with Crippen LogP contribution in [0.4, 0.5) is 0 Å². The smallest absolute Gasteiger partial charge is 0.310 e. The lowest BCUT2D eigenvalue weighted by Gasteiger charge is -2.47. The average molecular weight is 412 g/mol. The molecule has 2 aliphatic rings. The molecule has 2 rings (SSSR count). The third kappa shape index (κ3) is 4.41. The van der Waals surface area contributed by atoms with Crippen LogP contribution in [0, 0.1) is 28.1 Å². The summed E-state index contributed by atoms with van der Waals surface area (Å²) < 4.78 is 0. The molecular formula is C21H32O8. The molecule has 0 aromatic heterocycles. The number of hydrogen-bond acceptors (Lipinski definition) is 4. The van der Waals surface area contributed by atoms with Crippen LogP contribution in [0.15, 0.2) is 0 Å². The Hall–Kier alpha value is -2.12. The Morgan fingerprint density at radius 1 is 0.724 bits per heavy atom. The maximum Gasteiger partial charge on any atom is 0.310 e. The van der Waals surface area contributed by atoms with Crippen molar-refractivity contribution in [2.75, 3.05) is 0 Å². The second-order valence-electron chi connectivity index (χ2n) is 9.71. The van der Waals surface area contributed by atoms with Crippen molar-refractivity contribution in [2.24, 2.45) is 28.1 Å². The third-order valence-electron chi connectivity index (χ3n) is 7.10. The lowest BCUT2D eigenvalue weighted by molar-refractivity contribution is -0.174. The van der Waals surface area contributed by atoms with Crippen LogP contribution in [0.3, 0.4) is 0 Å². The van der Waals surface area contributed by atoms with Crippen LogP contribution in [0.1, 0.15) is 78.1 Å². The highest BCUT2D eigenvalue weighted by Gasteiger charge is 2.57. The monoisotopic (exact) mass is 412 g/mol. The van der Waals surface area contributed by atoms with Gasteiger partial charge in [0, 0.05) is 0 Å². The van der Waals surface area contributed by atoms with Gasteiger partial charge in [-0.15, -0.1) is 0 Å². The number of carboxylic acid groups (broad SMARTS) is 4. The van der Waals surface area contributed by atoms with Crippen molar-refractivity contribution in [1.29, 1.82) is 0 Å². The second kappa shape index (κ2) is 8.32. The van der Waals surface area contributed by atoms with E-state index < -0.39 is 52.0 Å². The van der Waals surface area contributed by atoms with Crippen LogP contribution < -0.4 is 0 Å². The van der Waals surface area contributed by atoms with Crippen molar-refractivity contribution < 1.29 is 39.6 Å². The molecule has 0 radical (unpaired) electrons. The van der Waals surface area contributed by atoms with E-state index in [0.29, 0.717) is 25.7 Å². The molecule has 4 N–H and O–H groups in total. The molecule has 8 heteroatoms. The van der Waals surface area contributed by atoms with Crippen LogP contribution in [0.25, 0.3) is 0 Å². The van der Waals surface area contributed by atoms with Crippen LogP contribution in [-0.4, -0.2) is 44.3 Å². The Morgan fingerprint density at radius 3 is 1.34 bits per heavy atom. The molecule has 164 valence electrons. The van der Waals surface area contributed by atoms with Gasteiger partial charge in [-0.05, 0) is 43.9 Å². The van der Waals surface area contributed by atoms with Gasteiger partial charge in [0.15, 0.2) is 0 Å². The Kier molecular flexibility index (Phi) is 6.65. The fourth-order valence-electron chi connectivity index (χ4n) is 6.06. The zero-order valence-electron chi connectivity index (χ0n) is 17.1. The van der Waals surface area contributed by atoms with E-state index in [0.717, 1.165) is 0 Å². The van der Waals surface area contributed by atoms with Crippen LogP contribution in [-0.2, 0) is 19.2 Å². The largest absolute Gasteiger partial charge is 0.481 e. The number of carbonyl (C=O) groups is 4. The lowest BCUT2D eigenvalue weighted by atomic mass is 9.54. The molecule has 0 aliphatic heterocycles. The Morgan fingerprint density at radius 2 is 1.07 bits per heavy atom. The van der Waals surface area contributed by atoms with Crippen molar-refractivity contribution in [3.63, 3.8) is 0 Å². The zero-order valence-corrected chi connectivity index (χ0v) is 17.1. The van der Waals surface area contributed by atoms with Gasteiger partial charge in [-0.3, -0.25) is 19.2 Å². The molecule has 8 nitrogen and oxygen atoms in total. The SMILES string of the molecule is CC(C)(C[C@]1(C(=O)O)CCCC[C@@H]1C(=O)O)C[C@@]1(C(=O)O)CCCC[C@@H]1C(=O)O. The van der Waals surface area contributed by atoms with Gasteiger partial charge in [-0.2, -0.15) is 0 Å². The summed E-state index contributed by atoms with van der Waals surface area (Å²) in [5.74, 6) is -6.68. The molecule has 29 heavy (non-hydrogen) atoms. The Labute approximate surface area is 170 Å². The minimum atomic E-state index is -1.47. The molecule has 0 saturated heterocycles. The molecule has 0 amide bonds. The van der Waals surface area contributed by atoms with E-state index in [1.807, 2.05) is 0 Å². The standard InChI is InChI=1S/C21H32O8/c1-19(2,11-20(17(26)27)9-5-3-7-13(20)15(22)23)12-21(18(28)29)10-6-4-8-14(21)16(24)25/h13-14H,3-12H2,1-2H3,(H,22,23)(H,24,25)(H,26,27)(H,28,29)/t13-,14-,20-,21+/m1/s1. The van der Waals surface area contributed by atoms with Gasteiger partial charge in [-0.1, -0.05) is 39.5 Å². The molecule has 2 aliphatic carbocycles. The highest BCUT2D eigenvalue weighted by Crippen LogP contribution is 2.55. The van der Waals surface area contributed by atoms with Gasteiger partial charge >= 0.3 is 23.9 Å². The van der Waals surface area contributed by atoms with Crippen molar-refractivity contribution in [3.8, 4) is 0 Å². The van der Waals surface area contributed by atoms with E-state index >= 15 is 0 Å². The quantitative estimate of drug-likeness (QED) is 0.473. The number of aliphatic carboxylic acids is 4. The fraction of sp³-hybridized carbons (Fsp3) is 0.810. The van der Waals surface area contributed by atoms with E-state index in [2.05, 4.69) is 0 Å². The highest BCUT2D eigenvalue weighted by atomic mass is 16.4. The topological polar surface area (TPSA) is 149 Å². The third-order valence-corrected chi connectivity index (χ3v) is 7.10. The van der Waals surface area contributed by atoms with Gasteiger partial charge < -0.3 is 20.4 Å². The maximum atomic E-state index is 12.3. The minimum Gasteiger partial charge on any atom is -0.481 e. The molecule has 0 aromatic rings. The fourth-order valence-corrected chi connectivity index (χ4v) is 6.06. The first-order chi connectivity index (χ1) is 13.4. The van der Waals surface area contributed by atoms with Gasteiger partial charge in [0.05, 0.1) is 22.7 Å². The first-order valence-corrected chi connectivity index (χ1v) is 10.3. The molecular weight excluding hydrogens is 380 g/mol. The molecule has 4 atom stereocenters. The summed E-state index contributed by atoms with van der Waals surface area (Å²) in [6, 6.07) is 0. The summed E-state index contributed by atoms with van der Waals surface area (Å²) in [6.45, 7) is 3.48. The van der Waals surface area contributed by atoms with Gasteiger partial charge in [0.25, 0.3) is 0 Å². The predicted molar refractivity (Wildman–Crippen MR) is 102 cm³/mol. The zero-order chi connectivity index (χ0) is 22.0. The van der Waals surface area contributed by atoms with Crippen LogP contribution in [0.2, 0.25) is 0 Å². The summed E-state index contributed by atoms with van der Waals surface area (Å²) in [7, 11) is 0. The van der Waals surface area contributed by atoms with Crippen LogP contribution >= 0.6 is 0 Å². The van der Waals surface area contributed by atoms with E-state index in [4.69, 9.17) is 0 Å². The van der Waals surface area contributed by atoms with Crippen molar-refractivity contribution >= 4 is 23.9 Å². The van der Waals surface area contributed by atoms with E-state index in [-0.39, 0.29) is 38.5 Å². The van der Waals surface area contributed by atoms with E-state index in [1.54, 1.807) is 13.8 Å². The van der Waals surface area contributed by atoms with E-state index in [1.165, 1.54) is 0 Å². The van der Waals surface area contributed by atoms with Crippen molar-refractivity contribution in [2.45, 2.75) is 78.1 Å². The van der Waals surface area contributed by atoms with Gasteiger partial charge in [-0.25, -0.2) is 0 Å². The van der Waals surface area contributed by atoms with Gasteiger partial charge in [0.2, 0.25) is 0 Å². The molecule has 0 unspecified atom stereocenters. The predicted octanol–water partition coefficient (Wildman–Crippen LogP) is 3.48. The summed E-state index contributed by atoms with van der Waals surface area (Å²) in [4.78, 5) is 48.2.